The fraction of sp³-hybridized carbons (Fsp3) is 0.200. The van der Waals surface area contributed by atoms with Gasteiger partial charge in [0.05, 0.1) is 0 Å². The fourth-order valence-corrected chi connectivity index (χ4v) is 3.15. The number of hydrogen-bond donors (Lipinski definition) is 1. The highest BCUT2D eigenvalue weighted by atomic mass is 15.2. The van der Waals surface area contributed by atoms with Crippen LogP contribution in [0.4, 0.5) is 17.3 Å². The van der Waals surface area contributed by atoms with Crippen LogP contribution in [0.2, 0.25) is 0 Å². The van der Waals surface area contributed by atoms with Gasteiger partial charge in [-0.25, -0.2) is 9.97 Å². The van der Waals surface area contributed by atoms with Gasteiger partial charge in [-0.15, -0.1) is 0 Å². The Balaban J connectivity index is 1.45. The summed E-state index contributed by atoms with van der Waals surface area (Å²) in [6, 6.07) is 21.0. The van der Waals surface area contributed by atoms with Crippen LogP contribution >= 0.6 is 0 Å². The van der Waals surface area contributed by atoms with Crippen LogP contribution in [0.5, 0.6) is 0 Å². The molecule has 0 bridgehead atoms. The number of nitrogens with zero attached hydrogens (tertiary/aromatic N) is 3. The molecule has 2 aromatic carbocycles. The van der Waals surface area contributed by atoms with Gasteiger partial charge in [0.2, 0.25) is 0 Å². The lowest BCUT2D eigenvalue weighted by Crippen LogP contribution is -2.15. The molecule has 0 radical (unpaired) electrons. The molecular weight excluding hydrogens is 296 g/mol. The minimum Gasteiger partial charge on any atom is -0.370 e. The zero-order chi connectivity index (χ0) is 16.2. The first-order chi connectivity index (χ1) is 11.9. The standard InChI is InChI=1S/C20H20N4/c1-2-6-16(7-3-1)10-12-21-19-14-20(23-15-22-19)24-13-11-17-8-4-5-9-18(17)24/h1-9,14-15H,10-13H2,(H,21,22,23). The number of hydrogen-bond acceptors (Lipinski definition) is 4. The summed E-state index contributed by atoms with van der Waals surface area (Å²) < 4.78 is 0. The topological polar surface area (TPSA) is 41.0 Å². The largest absolute Gasteiger partial charge is 0.370 e. The lowest BCUT2D eigenvalue weighted by molar-refractivity contribution is 0.956. The van der Waals surface area contributed by atoms with E-state index < -0.39 is 0 Å². The summed E-state index contributed by atoms with van der Waals surface area (Å²) in [5, 5.41) is 3.40. The monoisotopic (exact) mass is 316 g/mol. The van der Waals surface area contributed by atoms with Crippen molar-refractivity contribution in [2.75, 3.05) is 23.3 Å². The molecule has 0 saturated heterocycles. The van der Waals surface area contributed by atoms with Crippen LogP contribution in [0.1, 0.15) is 11.1 Å². The third-order valence-electron chi connectivity index (χ3n) is 4.38. The van der Waals surface area contributed by atoms with Gasteiger partial charge in [0.15, 0.2) is 0 Å². The zero-order valence-electron chi connectivity index (χ0n) is 13.5. The maximum atomic E-state index is 4.46. The number of anilines is 3. The molecule has 0 unspecified atom stereocenters. The van der Waals surface area contributed by atoms with Gasteiger partial charge in [-0.2, -0.15) is 0 Å². The number of rotatable bonds is 5. The molecule has 1 N–H and O–H groups in total. The van der Waals surface area contributed by atoms with Crippen molar-refractivity contribution in [2.45, 2.75) is 12.8 Å². The van der Waals surface area contributed by atoms with Gasteiger partial charge < -0.3 is 10.2 Å². The Labute approximate surface area is 142 Å². The summed E-state index contributed by atoms with van der Waals surface area (Å²) in [5.41, 5.74) is 3.97. The van der Waals surface area contributed by atoms with E-state index in [-0.39, 0.29) is 0 Å². The molecule has 120 valence electrons. The van der Waals surface area contributed by atoms with Crippen molar-refractivity contribution in [2.24, 2.45) is 0 Å². The van der Waals surface area contributed by atoms with Crippen molar-refractivity contribution in [1.82, 2.24) is 9.97 Å². The van der Waals surface area contributed by atoms with Crippen molar-refractivity contribution in [3.63, 3.8) is 0 Å². The molecule has 0 aliphatic carbocycles. The van der Waals surface area contributed by atoms with E-state index in [1.54, 1.807) is 6.33 Å². The predicted molar refractivity (Wildman–Crippen MR) is 97.8 cm³/mol. The molecular formula is C20H20N4. The predicted octanol–water partition coefficient (Wildman–Crippen LogP) is 3.83. The normalized spacial score (nSPS) is 12.9. The summed E-state index contributed by atoms with van der Waals surface area (Å²) in [6.45, 7) is 1.83. The maximum Gasteiger partial charge on any atom is 0.138 e. The number of nitrogens with one attached hydrogen (secondary N) is 1. The summed E-state index contributed by atoms with van der Waals surface area (Å²) in [4.78, 5) is 11.1. The minimum absolute atomic E-state index is 0.858. The average molecular weight is 316 g/mol. The van der Waals surface area contributed by atoms with Gasteiger partial charge in [0.1, 0.15) is 18.0 Å². The second kappa shape index (κ2) is 6.71. The quantitative estimate of drug-likeness (QED) is 0.777. The first-order valence-corrected chi connectivity index (χ1v) is 8.35. The molecule has 0 saturated carbocycles. The molecule has 4 nitrogen and oxygen atoms in total. The second-order valence-corrected chi connectivity index (χ2v) is 5.95. The molecule has 1 aliphatic rings. The van der Waals surface area contributed by atoms with Crippen LogP contribution in [0.15, 0.2) is 67.0 Å². The summed E-state index contributed by atoms with van der Waals surface area (Å²) in [6.07, 6.45) is 3.69. The number of aromatic nitrogens is 2. The highest BCUT2D eigenvalue weighted by Gasteiger charge is 2.20. The van der Waals surface area contributed by atoms with E-state index in [2.05, 4.69) is 68.7 Å². The third-order valence-corrected chi connectivity index (χ3v) is 4.38. The Hall–Kier alpha value is -2.88. The van der Waals surface area contributed by atoms with Crippen LogP contribution in [-0.4, -0.2) is 23.1 Å². The van der Waals surface area contributed by atoms with Gasteiger partial charge in [0.25, 0.3) is 0 Å². The van der Waals surface area contributed by atoms with Crippen molar-refractivity contribution in [3.8, 4) is 0 Å². The Morgan fingerprint density at radius 3 is 2.71 bits per heavy atom. The molecule has 0 atom stereocenters. The molecule has 3 aromatic rings. The van der Waals surface area contributed by atoms with Gasteiger partial charge in [0, 0.05) is 24.8 Å². The molecule has 24 heavy (non-hydrogen) atoms. The summed E-state index contributed by atoms with van der Waals surface area (Å²) >= 11 is 0. The van der Waals surface area contributed by atoms with E-state index >= 15 is 0 Å². The van der Waals surface area contributed by atoms with E-state index in [1.807, 2.05) is 12.1 Å². The smallest absolute Gasteiger partial charge is 0.138 e. The van der Waals surface area contributed by atoms with E-state index in [9.17, 15) is 0 Å². The molecule has 4 heteroatoms. The number of benzene rings is 2. The van der Waals surface area contributed by atoms with Crippen LogP contribution in [-0.2, 0) is 12.8 Å². The van der Waals surface area contributed by atoms with E-state index in [4.69, 9.17) is 0 Å². The van der Waals surface area contributed by atoms with Crippen LogP contribution in [0.25, 0.3) is 0 Å². The minimum atomic E-state index is 0.858. The van der Waals surface area contributed by atoms with Crippen molar-refractivity contribution in [1.29, 1.82) is 0 Å². The fourth-order valence-electron chi connectivity index (χ4n) is 3.15. The van der Waals surface area contributed by atoms with Crippen molar-refractivity contribution in [3.05, 3.63) is 78.1 Å². The first kappa shape index (κ1) is 14.7. The van der Waals surface area contributed by atoms with E-state index in [1.165, 1.54) is 16.8 Å². The second-order valence-electron chi connectivity index (χ2n) is 5.95. The van der Waals surface area contributed by atoms with E-state index in [0.717, 1.165) is 37.6 Å². The SMILES string of the molecule is c1ccc(CCNc2cc(N3CCc4ccccc43)ncn2)cc1. The molecule has 0 spiro atoms. The Morgan fingerprint density at radius 1 is 0.958 bits per heavy atom. The van der Waals surface area contributed by atoms with Crippen LogP contribution in [0.3, 0.4) is 0 Å². The molecule has 4 rings (SSSR count). The molecule has 0 fully saturated rings. The van der Waals surface area contributed by atoms with Crippen LogP contribution < -0.4 is 10.2 Å². The maximum absolute atomic E-state index is 4.46. The lowest BCUT2D eigenvalue weighted by atomic mass is 10.1. The molecule has 0 amide bonds. The highest BCUT2D eigenvalue weighted by molar-refractivity contribution is 5.68. The number of para-hydroxylation sites is 1. The first-order valence-electron chi connectivity index (χ1n) is 8.35. The van der Waals surface area contributed by atoms with E-state index in [0.29, 0.717) is 0 Å². The average Bonchev–Trinajstić information content (AvgIpc) is 3.07. The number of fused-ring (bicyclic) bond motifs is 1. The van der Waals surface area contributed by atoms with Crippen molar-refractivity contribution >= 4 is 17.3 Å². The highest BCUT2D eigenvalue weighted by Crippen LogP contribution is 2.33. The molecule has 2 heterocycles. The molecule has 1 aromatic heterocycles. The third kappa shape index (κ3) is 3.08. The Morgan fingerprint density at radius 2 is 1.79 bits per heavy atom. The zero-order valence-corrected chi connectivity index (χ0v) is 13.5. The summed E-state index contributed by atoms with van der Waals surface area (Å²) in [5.74, 6) is 1.83. The van der Waals surface area contributed by atoms with Crippen molar-refractivity contribution < 1.29 is 0 Å². The molecule has 1 aliphatic heterocycles. The van der Waals surface area contributed by atoms with Gasteiger partial charge >= 0.3 is 0 Å². The Kier molecular flexibility index (Phi) is 4.11. The van der Waals surface area contributed by atoms with Gasteiger partial charge in [-0.3, -0.25) is 0 Å². The lowest BCUT2D eigenvalue weighted by Gasteiger charge is -2.18. The summed E-state index contributed by atoms with van der Waals surface area (Å²) in [7, 11) is 0. The van der Waals surface area contributed by atoms with Gasteiger partial charge in [-0.05, 0) is 30.0 Å². The Bertz CT molecular complexity index is 817. The van der Waals surface area contributed by atoms with Crippen LogP contribution in [0, 0.1) is 0 Å². The van der Waals surface area contributed by atoms with Gasteiger partial charge in [-0.1, -0.05) is 48.5 Å².